The summed E-state index contributed by atoms with van der Waals surface area (Å²) >= 11 is 0. The van der Waals surface area contributed by atoms with Gasteiger partial charge in [0.25, 0.3) is 0 Å². The molecule has 1 aliphatic heterocycles. The Balaban J connectivity index is 1.84. The van der Waals surface area contributed by atoms with Gasteiger partial charge >= 0.3 is 0 Å². The van der Waals surface area contributed by atoms with E-state index >= 15 is 0 Å². The van der Waals surface area contributed by atoms with Crippen molar-refractivity contribution < 1.29 is 4.79 Å². The number of carbonyl (C=O) groups excluding carboxylic acids is 1. The van der Waals surface area contributed by atoms with Crippen LogP contribution in [-0.4, -0.2) is 33.7 Å². The van der Waals surface area contributed by atoms with Crippen molar-refractivity contribution in [2.24, 2.45) is 0 Å². The Bertz CT molecular complexity index is 471. The fraction of sp³-hybridized carbons (Fsp3) is 0.733. The highest BCUT2D eigenvalue weighted by molar-refractivity contribution is 5.88. The van der Waals surface area contributed by atoms with Gasteiger partial charge in [-0.05, 0) is 38.6 Å². The number of hydrogen-bond acceptors (Lipinski definition) is 5. The minimum Gasteiger partial charge on any atom is -0.314 e. The molecule has 6 nitrogen and oxygen atoms in total. The summed E-state index contributed by atoms with van der Waals surface area (Å²) in [7, 11) is 0. The van der Waals surface area contributed by atoms with Crippen LogP contribution < -0.4 is 10.6 Å². The number of aryl methyl sites for hydroxylation is 2. The molecule has 116 valence electrons. The number of hydrogen-bond donors (Lipinski definition) is 2. The molecule has 0 aromatic carbocycles. The predicted octanol–water partition coefficient (Wildman–Crippen LogP) is 1.86. The first kappa shape index (κ1) is 15.8. The quantitative estimate of drug-likeness (QED) is 0.836. The molecule has 0 radical (unpaired) electrons. The summed E-state index contributed by atoms with van der Waals surface area (Å²) in [5.74, 6) is 0.293. The zero-order valence-electron chi connectivity index (χ0n) is 13.0. The Morgan fingerprint density at radius 1 is 1.24 bits per heavy atom. The summed E-state index contributed by atoms with van der Waals surface area (Å²) in [6.07, 6.45) is 6.64. The van der Waals surface area contributed by atoms with Crippen molar-refractivity contribution in [3.05, 3.63) is 11.4 Å². The van der Waals surface area contributed by atoms with Crippen molar-refractivity contribution >= 4 is 11.9 Å². The van der Waals surface area contributed by atoms with Crippen LogP contribution in [-0.2, 0) is 17.6 Å². The lowest BCUT2D eigenvalue weighted by atomic mass is 10.0. The van der Waals surface area contributed by atoms with Gasteiger partial charge in [0, 0.05) is 12.5 Å². The van der Waals surface area contributed by atoms with E-state index in [-0.39, 0.29) is 5.91 Å². The van der Waals surface area contributed by atoms with Crippen LogP contribution in [0.5, 0.6) is 0 Å². The molecule has 1 unspecified atom stereocenters. The lowest BCUT2D eigenvalue weighted by Gasteiger charge is -2.22. The molecule has 1 atom stereocenters. The van der Waals surface area contributed by atoms with Gasteiger partial charge in [0.05, 0.1) is 11.4 Å². The fourth-order valence-corrected chi connectivity index (χ4v) is 2.65. The Labute approximate surface area is 126 Å². The highest BCUT2D eigenvalue weighted by Gasteiger charge is 2.15. The Kier molecular flexibility index (Phi) is 6.04. The third kappa shape index (κ3) is 4.74. The molecule has 1 amide bonds. The molecule has 0 spiro atoms. The Morgan fingerprint density at radius 3 is 2.71 bits per heavy atom. The average Bonchev–Trinajstić information content (AvgIpc) is 2.53. The van der Waals surface area contributed by atoms with E-state index in [9.17, 15) is 4.79 Å². The molecule has 1 fully saturated rings. The molecule has 2 rings (SSSR count). The molecule has 1 aromatic rings. The normalized spacial score (nSPS) is 18.5. The Hall–Kier alpha value is -1.56. The number of aromatic nitrogens is 3. The van der Waals surface area contributed by atoms with Crippen molar-refractivity contribution in [3.63, 3.8) is 0 Å². The summed E-state index contributed by atoms with van der Waals surface area (Å²) in [4.78, 5) is 16.3. The number of piperidine rings is 1. The summed E-state index contributed by atoms with van der Waals surface area (Å²) < 4.78 is 0. The van der Waals surface area contributed by atoms with E-state index in [0.717, 1.165) is 43.6 Å². The van der Waals surface area contributed by atoms with Crippen LogP contribution in [0.15, 0.2) is 0 Å². The van der Waals surface area contributed by atoms with Gasteiger partial charge in [0.15, 0.2) is 0 Å². The SMILES string of the molecule is CCc1nnc(NC(=O)CCC2CCCCN2)nc1CC. The topological polar surface area (TPSA) is 79.8 Å². The maximum Gasteiger partial charge on any atom is 0.249 e. The van der Waals surface area contributed by atoms with Gasteiger partial charge in [-0.2, -0.15) is 0 Å². The van der Waals surface area contributed by atoms with Crippen molar-refractivity contribution in [1.82, 2.24) is 20.5 Å². The number of amides is 1. The standard InChI is InChI=1S/C15H25N5O/c1-3-12-13(4-2)19-20-15(17-12)18-14(21)9-8-11-7-5-6-10-16-11/h11,16H,3-10H2,1-2H3,(H,17,18,20,21). The third-order valence-electron chi connectivity index (χ3n) is 3.89. The lowest BCUT2D eigenvalue weighted by molar-refractivity contribution is -0.116. The summed E-state index contributed by atoms with van der Waals surface area (Å²) in [5.41, 5.74) is 1.82. The van der Waals surface area contributed by atoms with Crippen LogP contribution in [0.2, 0.25) is 0 Å². The van der Waals surface area contributed by atoms with E-state index in [1.165, 1.54) is 12.8 Å². The van der Waals surface area contributed by atoms with E-state index in [2.05, 4.69) is 25.8 Å². The van der Waals surface area contributed by atoms with Crippen molar-refractivity contribution in [2.75, 3.05) is 11.9 Å². The average molecular weight is 291 g/mol. The number of rotatable bonds is 6. The zero-order valence-corrected chi connectivity index (χ0v) is 13.0. The number of carbonyl (C=O) groups is 1. The second-order valence-electron chi connectivity index (χ2n) is 5.47. The smallest absolute Gasteiger partial charge is 0.249 e. The molecule has 21 heavy (non-hydrogen) atoms. The van der Waals surface area contributed by atoms with Gasteiger partial charge in [-0.15, -0.1) is 10.2 Å². The minimum absolute atomic E-state index is 0.0320. The van der Waals surface area contributed by atoms with Crippen LogP contribution in [0.1, 0.15) is 57.3 Å². The van der Waals surface area contributed by atoms with Gasteiger partial charge in [0.2, 0.25) is 11.9 Å². The Morgan fingerprint density at radius 2 is 2.05 bits per heavy atom. The molecule has 1 aromatic heterocycles. The largest absolute Gasteiger partial charge is 0.314 e. The van der Waals surface area contributed by atoms with Gasteiger partial charge < -0.3 is 5.32 Å². The van der Waals surface area contributed by atoms with Crippen LogP contribution in [0.3, 0.4) is 0 Å². The van der Waals surface area contributed by atoms with E-state index in [0.29, 0.717) is 18.4 Å². The fourth-order valence-electron chi connectivity index (χ4n) is 2.65. The summed E-state index contributed by atoms with van der Waals surface area (Å²) in [6.45, 7) is 5.13. The molecule has 0 aliphatic carbocycles. The first-order valence-corrected chi connectivity index (χ1v) is 7.98. The minimum atomic E-state index is -0.0320. The second kappa shape index (κ2) is 8.02. The number of nitrogens with one attached hydrogen (secondary N) is 2. The molecule has 1 saturated heterocycles. The lowest BCUT2D eigenvalue weighted by Crippen LogP contribution is -2.34. The van der Waals surface area contributed by atoms with Crippen molar-refractivity contribution in [3.8, 4) is 0 Å². The van der Waals surface area contributed by atoms with E-state index < -0.39 is 0 Å². The predicted molar refractivity (Wildman–Crippen MR) is 82.1 cm³/mol. The van der Waals surface area contributed by atoms with Gasteiger partial charge in [-0.3, -0.25) is 10.1 Å². The second-order valence-corrected chi connectivity index (χ2v) is 5.47. The van der Waals surface area contributed by atoms with Crippen molar-refractivity contribution in [2.45, 2.75) is 64.8 Å². The van der Waals surface area contributed by atoms with E-state index in [1.54, 1.807) is 0 Å². The molecule has 1 aliphatic rings. The summed E-state index contributed by atoms with van der Waals surface area (Å²) in [6, 6.07) is 0.470. The van der Waals surface area contributed by atoms with Gasteiger partial charge in [-0.1, -0.05) is 20.3 Å². The van der Waals surface area contributed by atoms with Crippen LogP contribution in [0.4, 0.5) is 5.95 Å². The third-order valence-corrected chi connectivity index (χ3v) is 3.89. The monoisotopic (exact) mass is 291 g/mol. The highest BCUT2D eigenvalue weighted by Crippen LogP contribution is 2.12. The van der Waals surface area contributed by atoms with Crippen LogP contribution >= 0.6 is 0 Å². The molecular weight excluding hydrogens is 266 g/mol. The van der Waals surface area contributed by atoms with Gasteiger partial charge in [-0.25, -0.2) is 4.98 Å². The maximum absolute atomic E-state index is 12.0. The van der Waals surface area contributed by atoms with E-state index in [1.807, 2.05) is 13.8 Å². The molecule has 0 saturated carbocycles. The highest BCUT2D eigenvalue weighted by atomic mass is 16.1. The maximum atomic E-state index is 12.0. The first-order chi connectivity index (χ1) is 10.2. The molecular formula is C15H25N5O. The zero-order chi connectivity index (χ0) is 15.1. The first-order valence-electron chi connectivity index (χ1n) is 7.98. The van der Waals surface area contributed by atoms with Crippen LogP contribution in [0, 0.1) is 0 Å². The van der Waals surface area contributed by atoms with Gasteiger partial charge in [0.1, 0.15) is 0 Å². The molecule has 2 heterocycles. The summed E-state index contributed by atoms with van der Waals surface area (Å²) in [5, 5.41) is 14.3. The molecule has 6 heteroatoms. The van der Waals surface area contributed by atoms with E-state index in [4.69, 9.17) is 0 Å². The number of anilines is 1. The molecule has 0 bridgehead atoms. The molecule has 2 N–H and O–H groups in total. The van der Waals surface area contributed by atoms with Crippen molar-refractivity contribution in [1.29, 1.82) is 0 Å². The number of nitrogens with zero attached hydrogens (tertiary/aromatic N) is 3. The van der Waals surface area contributed by atoms with Crippen LogP contribution in [0.25, 0.3) is 0 Å².